The second-order valence-electron chi connectivity index (χ2n) is 8.06. The Morgan fingerprint density at radius 2 is 2.07 bits per heavy atom. The highest BCUT2D eigenvalue weighted by Gasteiger charge is 2.29. The van der Waals surface area contributed by atoms with Gasteiger partial charge in [-0.3, -0.25) is 9.78 Å². The van der Waals surface area contributed by atoms with E-state index >= 15 is 0 Å². The molecule has 1 atom stereocenters. The van der Waals surface area contributed by atoms with Crippen LogP contribution in [-0.4, -0.2) is 22.4 Å². The van der Waals surface area contributed by atoms with Crippen LogP contribution in [0.5, 0.6) is 0 Å². The van der Waals surface area contributed by atoms with Crippen molar-refractivity contribution in [2.24, 2.45) is 5.92 Å². The summed E-state index contributed by atoms with van der Waals surface area (Å²) in [7, 11) is 0. The summed E-state index contributed by atoms with van der Waals surface area (Å²) < 4.78 is 0. The summed E-state index contributed by atoms with van der Waals surface area (Å²) >= 11 is 6.27. The molecule has 152 valence electrons. The highest BCUT2D eigenvalue weighted by Crippen LogP contribution is 2.41. The van der Waals surface area contributed by atoms with Crippen LogP contribution in [0.2, 0.25) is 5.02 Å². The molecule has 1 fully saturated rings. The molecule has 0 saturated heterocycles. The van der Waals surface area contributed by atoms with Crippen molar-refractivity contribution < 1.29 is 4.79 Å². The Labute approximate surface area is 177 Å². The number of amides is 1. The summed E-state index contributed by atoms with van der Waals surface area (Å²) in [4.78, 5) is 20.5. The van der Waals surface area contributed by atoms with E-state index in [4.69, 9.17) is 11.6 Å². The number of fused-ring (bicyclic) bond motifs is 1. The van der Waals surface area contributed by atoms with Crippen LogP contribution in [0.4, 0.5) is 0 Å². The standard InChI is InChI=1S/C24H28ClN3O/c25-18-9-10-23-21(14-18)22(16-28-23)20(17-6-2-1-3-7-17)15-24(29)27-13-11-19-8-4-5-12-26-19/h4-5,8-10,12,14,16-17,20,28H,1-3,6-7,11,13,15H2,(H,27,29)/t20-/m1/s1. The number of aromatic amines is 1. The average molecular weight is 410 g/mol. The van der Waals surface area contributed by atoms with E-state index in [9.17, 15) is 4.79 Å². The molecule has 0 aliphatic heterocycles. The summed E-state index contributed by atoms with van der Waals surface area (Å²) in [5.41, 5.74) is 3.32. The molecule has 1 saturated carbocycles. The van der Waals surface area contributed by atoms with Gasteiger partial charge < -0.3 is 10.3 Å². The predicted octanol–water partition coefficient (Wildman–Crippen LogP) is 5.63. The molecule has 4 rings (SSSR count). The van der Waals surface area contributed by atoms with E-state index in [2.05, 4.69) is 21.5 Å². The molecule has 5 heteroatoms. The number of aromatic nitrogens is 2. The van der Waals surface area contributed by atoms with Crippen LogP contribution in [0.1, 0.15) is 55.7 Å². The molecule has 1 aromatic carbocycles. The molecule has 2 N–H and O–H groups in total. The Morgan fingerprint density at radius 1 is 1.21 bits per heavy atom. The third-order valence-corrected chi connectivity index (χ3v) is 6.36. The zero-order chi connectivity index (χ0) is 20.1. The first kappa shape index (κ1) is 20.0. The van der Waals surface area contributed by atoms with E-state index in [0.29, 0.717) is 18.9 Å². The largest absolute Gasteiger partial charge is 0.361 e. The third-order valence-electron chi connectivity index (χ3n) is 6.13. The van der Waals surface area contributed by atoms with Gasteiger partial charge in [-0.15, -0.1) is 0 Å². The maximum Gasteiger partial charge on any atom is 0.220 e. The normalized spacial score (nSPS) is 16.0. The molecule has 0 unspecified atom stereocenters. The highest BCUT2D eigenvalue weighted by molar-refractivity contribution is 6.31. The number of H-pyrrole nitrogens is 1. The van der Waals surface area contributed by atoms with Crippen LogP contribution in [0.15, 0.2) is 48.8 Å². The number of halogens is 1. The van der Waals surface area contributed by atoms with Gasteiger partial charge in [-0.05, 0) is 60.6 Å². The van der Waals surface area contributed by atoms with Crippen molar-refractivity contribution >= 4 is 28.4 Å². The summed E-state index contributed by atoms with van der Waals surface area (Å²) in [5.74, 6) is 0.883. The summed E-state index contributed by atoms with van der Waals surface area (Å²) in [6, 6.07) is 11.8. The highest BCUT2D eigenvalue weighted by atomic mass is 35.5. The van der Waals surface area contributed by atoms with Gasteiger partial charge in [0.1, 0.15) is 0 Å². The number of benzene rings is 1. The van der Waals surface area contributed by atoms with Crippen molar-refractivity contribution in [2.45, 2.75) is 50.9 Å². The fourth-order valence-corrected chi connectivity index (χ4v) is 4.81. The van der Waals surface area contributed by atoms with E-state index in [1.54, 1.807) is 6.20 Å². The molecule has 0 spiro atoms. The minimum Gasteiger partial charge on any atom is -0.361 e. The second-order valence-corrected chi connectivity index (χ2v) is 8.50. The smallest absolute Gasteiger partial charge is 0.220 e. The Bertz CT molecular complexity index is 947. The van der Waals surface area contributed by atoms with Gasteiger partial charge in [-0.2, -0.15) is 0 Å². The first-order valence-corrected chi connectivity index (χ1v) is 11.0. The van der Waals surface area contributed by atoms with Crippen molar-refractivity contribution in [2.75, 3.05) is 6.54 Å². The number of carbonyl (C=O) groups is 1. The minimum atomic E-state index is 0.118. The molecular weight excluding hydrogens is 382 g/mol. The van der Waals surface area contributed by atoms with Gasteiger partial charge in [0.2, 0.25) is 5.91 Å². The molecule has 1 aliphatic rings. The molecule has 1 amide bonds. The lowest BCUT2D eigenvalue weighted by molar-refractivity contribution is -0.121. The van der Waals surface area contributed by atoms with Gasteiger partial charge in [0, 0.05) is 53.4 Å². The summed E-state index contributed by atoms with van der Waals surface area (Å²) in [6.07, 6.45) is 11.4. The Morgan fingerprint density at radius 3 is 2.86 bits per heavy atom. The first-order chi connectivity index (χ1) is 14.2. The molecule has 0 bridgehead atoms. The maximum atomic E-state index is 12.8. The SMILES string of the molecule is O=C(C[C@@H](c1c[nH]c2ccc(Cl)cc12)C1CCCCC1)NCCc1ccccn1. The predicted molar refractivity (Wildman–Crippen MR) is 118 cm³/mol. The average Bonchev–Trinajstić information content (AvgIpc) is 3.16. The fourth-order valence-electron chi connectivity index (χ4n) is 4.64. The van der Waals surface area contributed by atoms with Crippen molar-refractivity contribution in [1.82, 2.24) is 15.3 Å². The molecular formula is C24H28ClN3O. The molecule has 1 aliphatic carbocycles. The fraction of sp³-hybridized carbons (Fsp3) is 0.417. The number of hydrogen-bond donors (Lipinski definition) is 2. The van der Waals surface area contributed by atoms with Gasteiger partial charge in [-0.1, -0.05) is 36.9 Å². The third kappa shape index (κ3) is 4.99. The van der Waals surface area contributed by atoms with Crippen LogP contribution in [0.3, 0.4) is 0 Å². The number of nitrogens with one attached hydrogen (secondary N) is 2. The van der Waals surface area contributed by atoms with Crippen LogP contribution >= 0.6 is 11.6 Å². The lowest BCUT2D eigenvalue weighted by Gasteiger charge is -2.30. The van der Waals surface area contributed by atoms with E-state index in [0.717, 1.165) is 28.0 Å². The van der Waals surface area contributed by atoms with Gasteiger partial charge in [0.05, 0.1) is 0 Å². The number of rotatable bonds is 7. The Hall–Kier alpha value is -2.33. The quantitative estimate of drug-likeness (QED) is 0.531. The van der Waals surface area contributed by atoms with Gasteiger partial charge >= 0.3 is 0 Å². The summed E-state index contributed by atoms with van der Waals surface area (Å²) in [6.45, 7) is 0.618. The number of carbonyl (C=O) groups excluding carboxylic acids is 1. The molecule has 2 aromatic heterocycles. The lowest BCUT2D eigenvalue weighted by atomic mass is 9.75. The van der Waals surface area contributed by atoms with E-state index in [1.165, 1.54) is 37.7 Å². The van der Waals surface area contributed by atoms with E-state index in [-0.39, 0.29) is 11.8 Å². The van der Waals surface area contributed by atoms with Gasteiger partial charge in [-0.25, -0.2) is 0 Å². The minimum absolute atomic E-state index is 0.118. The topological polar surface area (TPSA) is 57.8 Å². The van der Waals surface area contributed by atoms with Crippen LogP contribution < -0.4 is 5.32 Å². The number of pyridine rings is 1. The van der Waals surface area contributed by atoms with Crippen molar-refractivity contribution in [3.63, 3.8) is 0 Å². The second kappa shape index (κ2) is 9.45. The van der Waals surface area contributed by atoms with Gasteiger partial charge in [0.25, 0.3) is 0 Å². The molecule has 4 nitrogen and oxygen atoms in total. The van der Waals surface area contributed by atoms with Gasteiger partial charge in [0.15, 0.2) is 0 Å². The van der Waals surface area contributed by atoms with E-state index < -0.39 is 0 Å². The van der Waals surface area contributed by atoms with E-state index in [1.807, 2.05) is 36.4 Å². The Kier molecular flexibility index (Phi) is 6.50. The van der Waals surface area contributed by atoms with Crippen molar-refractivity contribution in [3.05, 3.63) is 65.1 Å². The van der Waals surface area contributed by atoms with Crippen LogP contribution in [0, 0.1) is 5.92 Å². The first-order valence-electron chi connectivity index (χ1n) is 10.6. The zero-order valence-electron chi connectivity index (χ0n) is 16.7. The van der Waals surface area contributed by atoms with Crippen LogP contribution in [-0.2, 0) is 11.2 Å². The molecule has 2 heterocycles. The Balaban J connectivity index is 1.48. The monoisotopic (exact) mass is 409 g/mol. The summed E-state index contributed by atoms with van der Waals surface area (Å²) in [5, 5.41) is 4.99. The molecule has 0 radical (unpaired) electrons. The molecule has 3 aromatic rings. The zero-order valence-corrected chi connectivity index (χ0v) is 17.4. The van der Waals surface area contributed by atoms with Crippen molar-refractivity contribution in [3.8, 4) is 0 Å². The lowest BCUT2D eigenvalue weighted by Crippen LogP contribution is -2.29. The number of nitrogens with zero attached hydrogens (tertiary/aromatic N) is 1. The number of hydrogen-bond acceptors (Lipinski definition) is 2. The van der Waals surface area contributed by atoms with Crippen molar-refractivity contribution in [1.29, 1.82) is 0 Å². The van der Waals surface area contributed by atoms with Crippen LogP contribution in [0.25, 0.3) is 10.9 Å². The maximum absolute atomic E-state index is 12.8. The molecule has 29 heavy (non-hydrogen) atoms.